The number of carbonyl (C=O) groups excluding carboxylic acids is 1. The molecular weight excluding hydrogens is 377 g/mol. The van der Waals surface area contributed by atoms with Crippen molar-refractivity contribution in [3.05, 3.63) is 57.5 Å². The molecule has 1 aliphatic rings. The second-order valence-corrected chi connectivity index (χ2v) is 8.74. The van der Waals surface area contributed by atoms with E-state index in [-0.39, 0.29) is 31.1 Å². The lowest BCUT2D eigenvalue weighted by Crippen LogP contribution is -2.32. The van der Waals surface area contributed by atoms with Gasteiger partial charge in [0, 0.05) is 13.1 Å². The fourth-order valence-electron chi connectivity index (χ4n) is 2.88. The van der Waals surface area contributed by atoms with Crippen LogP contribution in [0.25, 0.3) is 0 Å². The Labute approximate surface area is 154 Å². The number of hydrogen-bond donors (Lipinski definition) is 2. The lowest BCUT2D eigenvalue weighted by Gasteiger charge is -2.15. The van der Waals surface area contributed by atoms with Crippen LogP contribution < -0.4 is 10.9 Å². The van der Waals surface area contributed by atoms with E-state index in [1.165, 1.54) is 31.2 Å². The van der Waals surface area contributed by atoms with E-state index in [1.807, 2.05) is 0 Å². The van der Waals surface area contributed by atoms with Gasteiger partial charge < -0.3 is 10.4 Å². The molecule has 0 saturated carbocycles. The molecule has 8 nitrogen and oxygen atoms in total. The number of carbonyl (C=O) groups is 1. The van der Waals surface area contributed by atoms with Crippen molar-refractivity contribution in [3.63, 3.8) is 0 Å². The van der Waals surface area contributed by atoms with Crippen molar-refractivity contribution in [3.8, 4) is 5.75 Å². The van der Waals surface area contributed by atoms with Crippen LogP contribution in [0, 0.1) is 5.82 Å². The molecular formula is C17H18FN3O5S. The molecule has 0 spiro atoms. The summed E-state index contributed by atoms with van der Waals surface area (Å²) in [6.07, 6.45) is 0.219. The van der Waals surface area contributed by atoms with Crippen molar-refractivity contribution >= 4 is 15.7 Å². The topological polar surface area (TPSA) is 118 Å². The Morgan fingerprint density at radius 2 is 2.04 bits per heavy atom. The van der Waals surface area contributed by atoms with Gasteiger partial charge in [0.25, 0.3) is 11.5 Å². The van der Waals surface area contributed by atoms with Gasteiger partial charge in [0.1, 0.15) is 16.9 Å². The monoisotopic (exact) mass is 395 g/mol. The van der Waals surface area contributed by atoms with Crippen molar-refractivity contribution in [2.24, 2.45) is 0 Å². The SMILES string of the molecule is CC1c2nc(C(=O)NCc3ccc(F)cc3)c(O)c(=O)n2CCCS1(=O)=O. The summed E-state index contributed by atoms with van der Waals surface area (Å²) in [5, 5.41) is 11.5. The van der Waals surface area contributed by atoms with Crippen LogP contribution in [0.15, 0.2) is 29.1 Å². The molecule has 3 rings (SSSR count). The number of aromatic nitrogens is 2. The Morgan fingerprint density at radius 1 is 1.37 bits per heavy atom. The highest BCUT2D eigenvalue weighted by Crippen LogP contribution is 2.26. The maximum absolute atomic E-state index is 12.9. The van der Waals surface area contributed by atoms with E-state index >= 15 is 0 Å². The lowest BCUT2D eigenvalue weighted by atomic mass is 10.2. The summed E-state index contributed by atoms with van der Waals surface area (Å²) >= 11 is 0. The van der Waals surface area contributed by atoms with Crippen molar-refractivity contribution in [1.29, 1.82) is 0 Å². The first-order valence-corrected chi connectivity index (χ1v) is 10.00. The van der Waals surface area contributed by atoms with Crippen molar-refractivity contribution < 1.29 is 22.7 Å². The van der Waals surface area contributed by atoms with Crippen LogP contribution in [0.3, 0.4) is 0 Å². The molecule has 1 aliphatic heterocycles. The van der Waals surface area contributed by atoms with Crippen LogP contribution in [0.2, 0.25) is 0 Å². The smallest absolute Gasteiger partial charge is 0.296 e. The Morgan fingerprint density at radius 3 is 2.70 bits per heavy atom. The number of rotatable bonds is 3. The van der Waals surface area contributed by atoms with Gasteiger partial charge in [-0.2, -0.15) is 0 Å². The van der Waals surface area contributed by atoms with Crippen molar-refractivity contribution in [1.82, 2.24) is 14.9 Å². The molecule has 10 heteroatoms. The number of benzene rings is 1. The molecule has 0 bridgehead atoms. The first-order valence-electron chi connectivity index (χ1n) is 8.28. The standard InChI is InChI=1S/C17H18FN3O5S/c1-10-15-20-13(16(23)19-9-11-3-5-12(18)6-4-11)14(22)17(24)21(15)7-2-8-27(10,25)26/h3-6,10,22H,2,7-9H2,1H3,(H,19,23). The molecule has 1 aromatic heterocycles. The van der Waals surface area contributed by atoms with E-state index in [2.05, 4.69) is 10.3 Å². The highest BCUT2D eigenvalue weighted by Gasteiger charge is 2.32. The zero-order valence-electron chi connectivity index (χ0n) is 14.5. The van der Waals surface area contributed by atoms with Gasteiger partial charge >= 0.3 is 0 Å². The Hall–Kier alpha value is -2.75. The average Bonchev–Trinajstić information content (AvgIpc) is 2.74. The van der Waals surface area contributed by atoms with Gasteiger partial charge in [0.05, 0.1) is 5.75 Å². The molecule has 0 fully saturated rings. The lowest BCUT2D eigenvalue weighted by molar-refractivity contribution is 0.0941. The predicted molar refractivity (Wildman–Crippen MR) is 94.6 cm³/mol. The molecule has 0 aliphatic carbocycles. The van der Waals surface area contributed by atoms with Gasteiger partial charge in [-0.25, -0.2) is 17.8 Å². The van der Waals surface area contributed by atoms with Gasteiger partial charge in [0.2, 0.25) is 5.75 Å². The summed E-state index contributed by atoms with van der Waals surface area (Å²) in [5.74, 6) is -2.25. The molecule has 27 heavy (non-hydrogen) atoms. The van der Waals surface area contributed by atoms with Crippen molar-refractivity contribution in [2.45, 2.75) is 31.7 Å². The number of hydrogen-bond acceptors (Lipinski definition) is 6. The van der Waals surface area contributed by atoms with E-state index in [4.69, 9.17) is 0 Å². The zero-order valence-corrected chi connectivity index (χ0v) is 15.3. The summed E-state index contributed by atoms with van der Waals surface area (Å²) < 4.78 is 38.5. The third-order valence-electron chi connectivity index (χ3n) is 4.47. The summed E-state index contributed by atoms with van der Waals surface area (Å²) in [5.41, 5.74) is -0.778. The minimum atomic E-state index is -3.51. The van der Waals surface area contributed by atoms with Gasteiger partial charge in [-0.15, -0.1) is 0 Å². The zero-order chi connectivity index (χ0) is 19.8. The first-order chi connectivity index (χ1) is 12.7. The van der Waals surface area contributed by atoms with Crippen LogP contribution in [0.4, 0.5) is 4.39 Å². The van der Waals surface area contributed by atoms with E-state index in [0.29, 0.717) is 5.56 Å². The second-order valence-electron chi connectivity index (χ2n) is 6.30. The van der Waals surface area contributed by atoms with Gasteiger partial charge in [0.15, 0.2) is 15.5 Å². The average molecular weight is 395 g/mol. The minimum absolute atomic E-state index is 0.0203. The van der Waals surface area contributed by atoms with Gasteiger partial charge in [-0.1, -0.05) is 12.1 Å². The highest BCUT2D eigenvalue weighted by atomic mass is 32.2. The molecule has 1 atom stereocenters. The summed E-state index contributed by atoms with van der Waals surface area (Å²) in [4.78, 5) is 28.8. The molecule has 1 amide bonds. The Bertz CT molecular complexity index is 1050. The quantitative estimate of drug-likeness (QED) is 0.797. The fourth-order valence-corrected chi connectivity index (χ4v) is 4.26. The van der Waals surface area contributed by atoms with E-state index < -0.39 is 43.8 Å². The third-order valence-corrected chi connectivity index (χ3v) is 6.62. The number of halogens is 1. The number of fused-ring (bicyclic) bond motifs is 1. The largest absolute Gasteiger partial charge is 0.501 e. The predicted octanol–water partition coefficient (Wildman–Crippen LogP) is 0.898. The third kappa shape index (κ3) is 3.70. The molecule has 2 N–H and O–H groups in total. The van der Waals surface area contributed by atoms with Gasteiger partial charge in [-0.05, 0) is 31.0 Å². The minimum Gasteiger partial charge on any atom is -0.501 e. The number of nitrogens with zero attached hydrogens (tertiary/aromatic N) is 2. The molecule has 0 saturated heterocycles. The first kappa shape index (κ1) is 19.0. The molecule has 144 valence electrons. The van der Waals surface area contributed by atoms with Gasteiger partial charge in [-0.3, -0.25) is 14.2 Å². The van der Waals surface area contributed by atoms with E-state index in [9.17, 15) is 27.5 Å². The summed E-state index contributed by atoms with van der Waals surface area (Å²) in [7, 11) is -3.51. The van der Waals surface area contributed by atoms with Crippen LogP contribution in [-0.2, 0) is 22.9 Å². The molecule has 0 radical (unpaired) electrons. The van der Waals surface area contributed by atoms with Crippen LogP contribution >= 0.6 is 0 Å². The Balaban J connectivity index is 1.94. The maximum atomic E-state index is 12.9. The number of aromatic hydroxyl groups is 1. The summed E-state index contributed by atoms with van der Waals surface area (Å²) in [6.45, 7) is 1.51. The normalized spacial score (nSPS) is 18.4. The second kappa shape index (κ2) is 7.10. The number of sulfone groups is 1. The van der Waals surface area contributed by atoms with Crippen LogP contribution in [0.5, 0.6) is 5.75 Å². The summed E-state index contributed by atoms with van der Waals surface area (Å²) in [6, 6.07) is 5.42. The molecule has 2 aromatic rings. The maximum Gasteiger partial charge on any atom is 0.296 e. The number of nitrogens with one attached hydrogen (secondary N) is 1. The highest BCUT2D eigenvalue weighted by molar-refractivity contribution is 7.91. The number of amides is 1. The van der Waals surface area contributed by atoms with Crippen LogP contribution in [-0.4, -0.2) is 34.7 Å². The molecule has 1 aromatic carbocycles. The van der Waals surface area contributed by atoms with Crippen molar-refractivity contribution in [2.75, 3.05) is 5.75 Å². The van der Waals surface area contributed by atoms with E-state index in [1.54, 1.807) is 0 Å². The Kier molecular flexibility index (Phi) is 5.01. The molecule has 1 unspecified atom stereocenters. The van der Waals surface area contributed by atoms with Crippen LogP contribution in [0.1, 0.15) is 40.5 Å². The van der Waals surface area contributed by atoms with E-state index in [0.717, 1.165) is 4.57 Å². The fraction of sp³-hybridized carbons (Fsp3) is 0.353. The molecule has 2 heterocycles.